The van der Waals surface area contributed by atoms with Crippen LogP contribution in [0, 0.1) is 12.7 Å². The van der Waals surface area contributed by atoms with Crippen LogP contribution in [0.5, 0.6) is 0 Å². The van der Waals surface area contributed by atoms with Gasteiger partial charge in [0, 0.05) is 22.4 Å². The fraction of sp³-hybridized carbons (Fsp3) is 0.259. The van der Waals surface area contributed by atoms with Crippen molar-refractivity contribution < 1.29 is 14.0 Å². The molecule has 1 fully saturated rings. The third-order valence-corrected chi connectivity index (χ3v) is 7.80. The van der Waals surface area contributed by atoms with Crippen LogP contribution >= 0.6 is 11.8 Å². The Labute approximate surface area is 197 Å². The molecule has 3 aromatic rings. The van der Waals surface area contributed by atoms with Gasteiger partial charge in [-0.05, 0) is 56.7 Å². The number of rotatable bonds is 3. The number of carbonyl (C=O) groups excluding carboxylic acids is 2. The van der Waals surface area contributed by atoms with Crippen molar-refractivity contribution in [2.75, 3.05) is 11.4 Å². The minimum absolute atomic E-state index is 0.113. The maximum Gasteiger partial charge on any atom is 0.268 e. The van der Waals surface area contributed by atoms with E-state index in [0.29, 0.717) is 18.7 Å². The van der Waals surface area contributed by atoms with Gasteiger partial charge >= 0.3 is 0 Å². The summed E-state index contributed by atoms with van der Waals surface area (Å²) in [4.78, 5) is 30.3. The molecule has 0 aliphatic carbocycles. The van der Waals surface area contributed by atoms with E-state index in [0.717, 1.165) is 22.4 Å². The lowest BCUT2D eigenvalue weighted by Crippen LogP contribution is -2.50. The number of hydrogen-bond donors (Lipinski definition) is 0. The molecule has 2 aliphatic rings. The zero-order valence-electron chi connectivity index (χ0n) is 18.8. The second kappa shape index (κ2) is 7.73. The van der Waals surface area contributed by atoms with E-state index < -0.39 is 10.7 Å². The van der Waals surface area contributed by atoms with Gasteiger partial charge in [0.05, 0.1) is 12.2 Å². The van der Waals surface area contributed by atoms with E-state index in [9.17, 15) is 14.0 Å². The molecule has 2 aliphatic heterocycles. The van der Waals surface area contributed by atoms with Crippen molar-refractivity contribution in [3.05, 3.63) is 101 Å². The largest absolute Gasteiger partial charge is 0.310 e. The summed E-state index contributed by atoms with van der Waals surface area (Å²) in [7, 11) is 0. The Morgan fingerprint density at radius 3 is 2.42 bits per heavy atom. The Hall–Kier alpha value is -3.12. The predicted molar refractivity (Wildman–Crippen MR) is 130 cm³/mol. The highest BCUT2D eigenvalue weighted by Crippen LogP contribution is 2.60. The summed E-state index contributed by atoms with van der Waals surface area (Å²) in [5.41, 5.74) is 4.10. The van der Waals surface area contributed by atoms with Crippen molar-refractivity contribution in [1.82, 2.24) is 4.90 Å². The van der Waals surface area contributed by atoms with Crippen LogP contribution in [0.15, 0.2) is 72.8 Å². The van der Waals surface area contributed by atoms with Crippen molar-refractivity contribution >= 4 is 29.3 Å². The molecule has 168 valence electrons. The molecule has 1 saturated heterocycles. The Kier molecular flexibility index (Phi) is 5.09. The highest BCUT2D eigenvalue weighted by molar-refractivity contribution is 8.02. The van der Waals surface area contributed by atoms with E-state index in [1.807, 2.05) is 55.5 Å². The molecule has 0 unspecified atom stereocenters. The van der Waals surface area contributed by atoms with E-state index in [2.05, 4.69) is 13.8 Å². The summed E-state index contributed by atoms with van der Waals surface area (Å²) in [6, 6.07) is 21.4. The molecule has 6 heteroatoms. The highest BCUT2D eigenvalue weighted by Gasteiger charge is 2.63. The molecule has 2 amide bonds. The standard InChI is InChI=1S/C27H25FN2O2S/c1-18-9-14-23-22(15-18)27(25(32)29(23)16-19-7-5-4-6-8-19)30(17-26(2,3)33-27)24(31)20-10-12-21(28)13-11-20/h4-15H,16-17H2,1-3H3/t27-/m1/s1. The summed E-state index contributed by atoms with van der Waals surface area (Å²) < 4.78 is 13.2. The number of fused-ring (bicyclic) bond motifs is 2. The molecule has 3 aromatic carbocycles. The van der Waals surface area contributed by atoms with Crippen LogP contribution in [0.3, 0.4) is 0 Å². The highest BCUT2D eigenvalue weighted by atomic mass is 32.2. The summed E-state index contributed by atoms with van der Waals surface area (Å²) in [5, 5.41) is 0. The van der Waals surface area contributed by atoms with Crippen LogP contribution in [0.2, 0.25) is 0 Å². The number of thioether (sulfide) groups is 1. The average Bonchev–Trinajstić information content (AvgIpc) is 3.20. The fourth-order valence-electron chi connectivity index (χ4n) is 4.79. The van der Waals surface area contributed by atoms with Gasteiger partial charge in [-0.1, -0.05) is 48.0 Å². The zero-order chi connectivity index (χ0) is 23.4. The lowest BCUT2D eigenvalue weighted by molar-refractivity contribution is -0.123. The molecular formula is C27H25FN2O2S. The minimum Gasteiger partial charge on any atom is -0.310 e. The van der Waals surface area contributed by atoms with Crippen molar-refractivity contribution in [3.8, 4) is 0 Å². The van der Waals surface area contributed by atoms with Gasteiger partial charge in [-0.3, -0.25) is 9.59 Å². The first kappa shape index (κ1) is 21.7. The average molecular weight is 461 g/mol. The molecular weight excluding hydrogens is 435 g/mol. The second-order valence-corrected chi connectivity index (χ2v) is 11.2. The van der Waals surface area contributed by atoms with Gasteiger partial charge in [0.15, 0.2) is 4.87 Å². The van der Waals surface area contributed by atoms with Crippen molar-refractivity contribution in [2.24, 2.45) is 0 Å². The topological polar surface area (TPSA) is 40.6 Å². The third-order valence-electron chi connectivity index (χ3n) is 6.21. The summed E-state index contributed by atoms with van der Waals surface area (Å²) in [5.74, 6) is -0.780. The predicted octanol–water partition coefficient (Wildman–Crippen LogP) is 5.50. The molecule has 2 heterocycles. The molecule has 0 bridgehead atoms. The minimum atomic E-state index is -1.16. The summed E-state index contributed by atoms with van der Waals surface area (Å²) in [6.07, 6.45) is 0. The number of anilines is 1. The first-order valence-corrected chi connectivity index (χ1v) is 11.8. The van der Waals surface area contributed by atoms with Crippen LogP contribution in [-0.2, 0) is 16.2 Å². The first-order chi connectivity index (χ1) is 15.7. The van der Waals surface area contributed by atoms with Crippen LogP contribution in [0.25, 0.3) is 0 Å². The SMILES string of the molecule is Cc1ccc2c(c1)[C@@]1(SC(C)(C)CN1C(=O)c1ccc(F)cc1)C(=O)N2Cc1ccccc1. The maximum atomic E-state index is 14.2. The molecule has 4 nitrogen and oxygen atoms in total. The van der Waals surface area contributed by atoms with Gasteiger partial charge < -0.3 is 9.80 Å². The van der Waals surface area contributed by atoms with Crippen molar-refractivity contribution in [1.29, 1.82) is 0 Å². The van der Waals surface area contributed by atoms with Gasteiger partial charge in [0.2, 0.25) is 0 Å². The van der Waals surface area contributed by atoms with E-state index in [1.54, 1.807) is 9.80 Å². The number of aryl methyl sites for hydroxylation is 1. The monoisotopic (exact) mass is 460 g/mol. The smallest absolute Gasteiger partial charge is 0.268 e. The second-order valence-electron chi connectivity index (χ2n) is 9.30. The lowest BCUT2D eigenvalue weighted by Gasteiger charge is -2.33. The Bertz CT molecular complexity index is 1240. The molecule has 1 atom stereocenters. The van der Waals surface area contributed by atoms with Gasteiger partial charge in [-0.25, -0.2) is 4.39 Å². The van der Waals surface area contributed by atoms with Gasteiger partial charge in [0.1, 0.15) is 5.82 Å². The molecule has 0 saturated carbocycles. The third kappa shape index (κ3) is 3.53. The Balaban J connectivity index is 1.65. The number of nitrogens with zero attached hydrogens (tertiary/aromatic N) is 2. The van der Waals surface area contributed by atoms with Crippen LogP contribution in [-0.4, -0.2) is 28.0 Å². The zero-order valence-corrected chi connectivity index (χ0v) is 19.7. The molecule has 5 rings (SSSR count). The van der Waals surface area contributed by atoms with E-state index in [4.69, 9.17) is 0 Å². The van der Waals surface area contributed by atoms with E-state index in [-0.39, 0.29) is 16.6 Å². The fourth-order valence-corrected chi connectivity index (χ4v) is 6.51. The lowest BCUT2D eigenvalue weighted by atomic mass is 10.0. The summed E-state index contributed by atoms with van der Waals surface area (Å²) in [6.45, 7) is 6.94. The number of amides is 2. The molecule has 33 heavy (non-hydrogen) atoms. The number of hydrogen-bond acceptors (Lipinski definition) is 3. The van der Waals surface area contributed by atoms with Gasteiger partial charge in [-0.15, -0.1) is 11.8 Å². The number of carbonyl (C=O) groups is 2. The molecule has 0 aromatic heterocycles. The molecule has 0 radical (unpaired) electrons. The molecule has 1 spiro atoms. The van der Waals surface area contributed by atoms with Crippen molar-refractivity contribution in [3.63, 3.8) is 0 Å². The number of benzene rings is 3. The van der Waals surface area contributed by atoms with E-state index in [1.165, 1.54) is 36.0 Å². The maximum absolute atomic E-state index is 14.2. The van der Waals surface area contributed by atoms with Crippen LogP contribution in [0.4, 0.5) is 10.1 Å². The van der Waals surface area contributed by atoms with Crippen LogP contribution in [0.1, 0.15) is 40.9 Å². The van der Waals surface area contributed by atoms with E-state index >= 15 is 0 Å². The summed E-state index contributed by atoms with van der Waals surface area (Å²) >= 11 is 1.53. The molecule has 0 N–H and O–H groups in total. The van der Waals surface area contributed by atoms with Crippen LogP contribution < -0.4 is 4.90 Å². The van der Waals surface area contributed by atoms with Gasteiger partial charge in [0.25, 0.3) is 11.8 Å². The van der Waals surface area contributed by atoms with Crippen molar-refractivity contribution in [2.45, 2.75) is 36.9 Å². The normalized spacial score (nSPS) is 21.0. The Morgan fingerprint density at radius 1 is 1.03 bits per heavy atom. The Morgan fingerprint density at radius 2 is 1.73 bits per heavy atom. The number of halogens is 1. The first-order valence-electron chi connectivity index (χ1n) is 11.0. The quantitative estimate of drug-likeness (QED) is 0.518. The van der Waals surface area contributed by atoms with Gasteiger partial charge in [-0.2, -0.15) is 0 Å².